The minimum absolute atomic E-state index is 0.164. The molecule has 0 saturated heterocycles. The van der Waals surface area contributed by atoms with Crippen molar-refractivity contribution < 1.29 is 31.8 Å². The van der Waals surface area contributed by atoms with Crippen molar-refractivity contribution in [1.82, 2.24) is 0 Å². The predicted molar refractivity (Wildman–Crippen MR) is 93.5 cm³/mol. The van der Waals surface area contributed by atoms with E-state index >= 15 is 0 Å². The summed E-state index contributed by atoms with van der Waals surface area (Å²) < 4.78 is 67.4. The van der Waals surface area contributed by atoms with Crippen molar-refractivity contribution in [2.24, 2.45) is 5.92 Å². The molecule has 0 spiro atoms. The Morgan fingerprint density at radius 2 is 1.67 bits per heavy atom. The van der Waals surface area contributed by atoms with Gasteiger partial charge >= 0.3 is 0 Å². The van der Waals surface area contributed by atoms with Crippen LogP contribution >= 0.6 is 0 Å². The van der Waals surface area contributed by atoms with Crippen molar-refractivity contribution in [2.45, 2.75) is 20.3 Å². The summed E-state index contributed by atoms with van der Waals surface area (Å²) in [6.45, 7) is 6.80. The summed E-state index contributed by atoms with van der Waals surface area (Å²) in [7, 11) is 0. The molecule has 0 aromatic heterocycles. The quantitative estimate of drug-likeness (QED) is 0.412. The van der Waals surface area contributed by atoms with Crippen LogP contribution in [-0.4, -0.2) is 18.5 Å². The van der Waals surface area contributed by atoms with E-state index in [9.17, 15) is 22.0 Å². The molecule has 2 nitrogen and oxygen atoms in total. The van der Waals surface area contributed by atoms with Gasteiger partial charge in [-0.25, -0.2) is 22.0 Å². The van der Waals surface area contributed by atoms with E-state index in [1.54, 1.807) is 19.1 Å². The maximum atomic E-state index is 13.2. The molecule has 0 amide bonds. The summed E-state index contributed by atoms with van der Waals surface area (Å²) in [6, 6.07) is 6.35. The maximum absolute atomic E-state index is 13.2. The number of halogens is 5. The lowest BCUT2D eigenvalue weighted by atomic mass is 10.0. The first-order valence-electron chi connectivity index (χ1n) is 8.08. The Labute approximate surface area is 154 Å². The maximum Gasteiger partial charge on any atom is 0.194 e. The monoisotopic (exact) mass is 388 g/mol. The molecular formula is C20H21F5O2. The molecule has 1 N–H and O–H groups in total. The van der Waals surface area contributed by atoms with Crippen LogP contribution in [0, 0.1) is 36.1 Å². The summed E-state index contributed by atoms with van der Waals surface area (Å²) in [5, 5.41) is 8.48. The van der Waals surface area contributed by atoms with E-state index in [2.05, 4.69) is 6.58 Å². The molecule has 0 aliphatic rings. The molecule has 1 unspecified atom stereocenters. The van der Waals surface area contributed by atoms with Gasteiger partial charge in [-0.15, -0.1) is 0 Å². The number of aliphatic hydroxyl groups is 1. The predicted octanol–water partition coefficient (Wildman–Crippen LogP) is 5.32. The minimum Gasteiger partial charge on any atom is -0.371 e. The molecule has 27 heavy (non-hydrogen) atoms. The number of hydrogen-bond acceptors (Lipinski definition) is 2. The van der Waals surface area contributed by atoms with E-state index in [0.717, 1.165) is 12.0 Å². The van der Waals surface area contributed by atoms with Crippen LogP contribution in [-0.2, 0) is 11.2 Å². The van der Waals surface area contributed by atoms with Crippen molar-refractivity contribution in [1.29, 1.82) is 0 Å². The normalized spacial score (nSPS) is 11.6. The molecule has 2 rings (SSSR count). The van der Waals surface area contributed by atoms with Crippen molar-refractivity contribution in [3.05, 3.63) is 76.9 Å². The van der Waals surface area contributed by atoms with Gasteiger partial charge in [-0.3, -0.25) is 0 Å². The fourth-order valence-electron chi connectivity index (χ4n) is 2.19. The minimum atomic E-state index is -1.61. The third-order valence-corrected chi connectivity index (χ3v) is 3.61. The average Bonchev–Trinajstić information content (AvgIpc) is 2.61. The number of ether oxygens (including phenoxy) is 1. The molecule has 0 aliphatic heterocycles. The van der Waals surface area contributed by atoms with Crippen molar-refractivity contribution in [2.75, 3.05) is 13.4 Å². The molecule has 148 valence electrons. The van der Waals surface area contributed by atoms with Crippen molar-refractivity contribution >= 4 is 5.83 Å². The number of benzene rings is 2. The van der Waals surface area contributed by atoms with Gasteiger partial charge in [0.25, 0.3) is 0 Å². The molecule has 0 aliphatic carbocycles. The molecule has 1 atom stereocenters. The van der Waals surface area contributed by atoms with Gasteiger partial charge in [0.1, 0.15) is 18.4 Å². The molecule has 2 aromatic rings. The van der Waals surface area contributed by atoms with E-state index in [1.807, 2.05) is 13.0 Å². The van der Waals surface area contributed by atoms with Crippen LogP contribution < -0.4 is 0 Å². The Hall–Kier alpha value is -2.25. The highest BCUT2D eigenvalue weighted by molar-refractivity contribution is 5.56. The van der Waals surface area contributed by atoms with Gasteiger partial charge in [-0.1, -0.05) is 25.6 Å². The van der Waals surface area contributed by atoms with Crippen LogP contribution in [0.4, 0.5) is 22.0 Å². The highest BCUT2D eigenvalue weighted by atomic mass is 19.2. The zero-order valence-corrected chi connectivity index (χ0v) is 15.0. The first-order valence-corrected chi connectivity index (χ1v) is 8.08. The Kier molecular flexibility index (Phi) is 9.11. The Morgan fingerprint density at radius 3 is 2.15 bits per heavy atom. The van der Waals surface area contributed by atoms with Crippen LogP contribution in [0.3, 0.4) is 0 Å². The number of aryl methyl sites for hydroxylation is 1. The largest absolute Gasteiger partial charge is 0.371 e. The van der Waals surface area contributed by atoms with E-state index in [-0.39, 0.29) is 18.5 Å². The summed E-state index contributed by atoms with van der Waals surface area (Å²) in [4.78, 5) is 0. The second-order valence-corrected chi connectivity index (χ2v) is 6.05. The van der Waals surface area contributed by atoms with E-state index in [4.69, 9.17) is 9.84 Å². The highest BCUT2D eigenvalue weighted by Gasteiger charge is 2.11. The SMILES string of the molecule is C=C(F)c1cc(F)c(F)c(F)c1.Cc1ccc(CC(C)COCO)cc1F. The van der Waals surface area contributed by atoms with E-state index in [1.165, 1.54) is 0 Å². The van der Waals surface area contributed by atoms with E-state index in [0.29, 0.717) is 24.3 Å². The summed E-state index contributed by atoms with van der Waals surface area (Å²) >= 11 is 0. The average molecular weight is 388 g/mol. The Morgan fingerprint density at radius 1 is 1.07 bits per heavy atom. The van der Waals surface area contributed by atoms with E-state index < -0.39 is 28.8 Å². The van der Waals surface area contributed by atoms with Gasteiger partial charge in [-0.05, 0) is 48.6 Å². The highest BCUT2D eigenvalue weighted by Crippen LogP contribution is 2.19. The molecule has 7 heteroatoms. The smallest absolute Gasteiger partial charge is 0.194 e. The van der Waals surface area contributed by atoms with Crippen LogP contribution in [0.1, 0.15) is 23.6 Å². The van der Waals surface area contributed by atoms with Gasteiger partial charge in [0.05, 0.1) is 6.61 Å². The topological polar surface area (TPSA) is 29.5 Å². The number of aliphatic hydroxyl groups excluding tert-OH is 1. The molecule has 0 bridgehead atoms. The molecule has 0 heterocycles. The lowest BCUT2D eigenvalue weighted by molar-refractivity contribution is -0.0150. The van der Waals surface area contributed by atoms with Gasteiger partial charge < -0.3 is 9.84 Å². The second kappa shape index (κ2) is 10.8. The van der Waals surface area contributed by atoms with Gasteiger partial charge in [0.15, 0.2) is 17.5 Å². The molecular weight excluding hydrogens is 367 g/mol. The number of rotatable bonds is 6. The summed E-state index contributed by atoms with van der Waals surface area (Å²) in [6.07, 6.45) is 0.761. The Balaban J connectivity index is 0.000000277. The van der Waals surface area contributed by atoms with Crippen LogP contribution in [0.15, 0.2) is 36.9 Å². The standard InChI is InChI=1S/C12H17FO2.C8H4F4/c1-9(7-15-8-14)5-11-4-3-10(2)12(13)6-11;1-4(9)5-2-6(10)8(12)7(11)3-5/h3-4,6,9,14H,5,7-8H2,1-2H3;2-3H,1H2. The fourth-order valence-corrected chi connectivity index (χ4v) is 2.19. The van der Waals surface area contributed by atoms with Gasteiger partial charge in [-0.2, -0.15) is 0 Å². The zero-order chi connectivity index (χ0) is 20.6. The first kappa shape index (κ1) is 22.8. The van der Waals surface area contributed by atoms with Crippen molar-refractivity contribution in [3.8, 4) is 0 Å². The molecule has 0 saturated carbocycles. The third kappa shape index (κ3) is 7.48. The summed E-state index contributed by atoms with van der Waals surface area (Å²) in [5.74, 6) is -5.36. The number of hydrogen-bond donors (Lipinski definition) is 1. The molecule has 0 radical (unpaired) electrons. The zero-order valence-electron chi connectivity index (χ0n) is 15.0. The van der Waals surface area contributed by atoms with Crippen LogP contribution in [0.2, 0.25) is 0 Å². The third-order valence-electron chi connectivity index (χ3n) is 3.61. The van der Waals surface area contributed by atoms with Crippen LogP contribution in [0.5, 0.6) is 0 Å². The Bertz CT molecular complexity index is 754. The second-order valence-electron chi connectivity index (χ2n) is 6.05. The molecule has 0 fully saturated rings. The van der Waals surface area contributed by atoms with Gasteiger partial charge in [0.2, 0.25) is 0 Å². The van der Waals surface area contributed by atoms with Crippen molar-refractivity contribution in [3.63, 3.8) is 0 Å². The molecule has 2 aromatic carbocycles. The lowest BCUT2D eigenvalue weighted by Gasteiger charge is -2.11. The van der Waals surface area contributed by atoms with Crippen LogP contribution in [0.25, 0.3) is 5.83 Å². The summed E-state index contributed by atoms with van der Waals surface area (Å²) in [5.41, 5.74) is 1.23. The fraction of sp³-hybridized carbons (Fsp3) is 0.300. The first-order chi connectivity index (χ1) is 12.6. The lowest BCUT2D eigenvalue weighted by Crippen LogP contribution is -2.09. The van der Waals surface area contributed by atoms with Gasteiger partial charge in [0, 0.05) is 5.56 Å².